The van der Waals surface area contributed by atoms with Gasteiger partial charge in [0.05, 0.1) is 44.2 Å². The molecule has 1 atom stereocenters. The SMILES string of the molecule is CCOc1ccc(C2C(=C(O)c3nc4c(C)cccn4c3C)C(=O)C(=O)N2CCN2CCOCC2)cc1OC. The van der Waals surface area contributed by atoms with E-state index in [4.69, 9.17) is 14.2 Å². The summed E-state index contributed by atoms with van der Waals surface area (Å²) in [6, 6.07) is 8.34. The second-order valence-corrected chi connectivity index (χ2v) is 9.72. The molecule has 5 rings (SSSR count). The number of ether oxygens (including phenoxy) is 3. The molecule has 10 heteroatoms. The van der Waals surface area contributed by atoms with Gasteiger partial charge >= 0.3 is 0 Å². The number of fused-ring (bicyclic) bond motifs is 1. The van der Waals surface area contributed by atoms with Gasteiger partial charge in [-0.25, -0.2) is 4.98 Å². The number of rotatable bonds is 8. The van der Waals surface area contributed by atoms with E-state index < -0.39 is 17.7 Å². The zero-order valence-electron chi connectivity index (χ0n) is 22.8. The molecule has 2 aliphatic rings. The number of aryl methyl sites for hydroxylation is 2. The Morgan fingerprint density at radius 3 is 2.59 bits per heavy atom. The standard InChI is InChI=1S/C29H34N4O6/c1-5-39-21-9-8-20(17-22(21)37-4)25-23(26(34)24-19(3)32-10-6-7-18(2)28(32)30-24)27(35)29(36)33(25)12-11-31-13-15-38-16-14-31/h6-10,17,25,34H,5,11-16H2,1-4H3. The van der Waals surface area contributed by atoms with Gasteiger partial charge in [-0.2, -0.15) is 0 Å². The van der Waals surface area contributed by atoms with Crippen LogP contribution in [0.15, 0.2) is 42.1 Å². The first-order chi connectivity index (χ1) is 18.8. The smallest absolute Gasteiger partial charge is 0.295 e. The summed E-state index contributed by atoms with van der Waals surface area (Å²) >= 11 is 0. The lowest BCUT2D eigenvalue weighted by Crippen LogP contribution is -2.42. The number of aromatic nitrogens is 2. The average molecular weight is 535 g/mol. The lowest BCUT2D eigenvalue weighted by Gasteiger charge is -2.31. The van der Waals surface area contributed by atoms with Gasteiger partial charge in [0.1, 0.15) is 11.3 Å². The molecule has 1 N–H and O–H groups in total. The Hall–Kier alpha value is -3.89. The van der Waals surface area contributed by atoms with Crippen LogP contribution in [-0.4, -0.2) is 89.1 Å². The number of imidazole rings is 1. The van der Waals surface area contributed by atoms with Crippen LogP contribution < -0.4 is 9.47 Å². The van der Waals surface area contributed by atoms with Gasteiger partial charge in [0.25, 0.3) is 11.7 Å². The fraction of sp³-hybridized carbons (Fsp3) is 0.414. The van der Waals surface area contributed by atoms with Gasteiger partial charge in [-0.05, 0) is 50.1 Å². The van der Waals surface area contributed by atoms with Crippen LogP contribution in [0.4, 0.5) is 0 Å². The van der Waals surface area contributed by atoms with Gasteiger partial charge < -0.3 is 28.6 Å². The summed E-state index contributed by atoms with van der Waals surface area (Å²) in [7, 11) is 1.54. The monoisotopic (exact) mass is 534 g/mol. The number of Topliss-reactive ketones (excluding diaryl/α,β-unsaturated/α-hetero) is 1. The number of methoxy groups -OCH3 is 1. The van der Waals surface area contributed by atoms with Gasteiger partial charge in [0.2, 0.25) is 0 Å². The molecule has 0 aliphatic carbocycles. The van der Waals surface area contributed by atoms with E-state index in [2.05, 4.69) is 9.88 Å². The van der Waals surface area contributed by atoms with Crippen molar-refractivity contribution in [2.45, 2.75) is 26.8 Å². The number of amides is 1. The summed E-state index contributed by atoms with van der Waals surface area (Å²) in [6.07, 6.45) is 1.86. The Morgan fingerprint density at radius 1 is 1.13 bits per heavy atom. The van der Waals surface area contributed by atoms with Gasteiger partial charge in [0, 0.05) is 32.4 Å². The highest BCUT2D eigenvalue weighted by Crippen LogP contribution is 2.42. The van der Waals surface area contributed by atoms with Crippen LogP contribution in [0, 0.1) is 13.8 Å². The van der Waals surface area contributed by atoms with Crippen LogP contribution in [0.25, 0.3) is 11.4 Å². The fourth-order valence-corrected chi connectivity index (χ4v) is 5.33. The van der Waals surface area contributed by atoms with E-state index in [1.165, 1.54) is 4.90 Å². The molecule has 1 amide bonds. The van der Waals surface area contributed by atoms with Crippen LogP contribution in [0.3, 0.4) is 0 Å². The first-order valence-electron chi connectivity index (χ1n) is 13.2. The number of likely N-dealkylation sites (tertiary alicyclic amines) is 1. The molecule has 0 saturated carbocycles. The third-order valence-corrected chi connectivity index (χ3v) is 7.41. The number of carbonyl (C=O) groups excluding carboxylic acids is 2. The number of ketones is 1. The Bertz CT molecular complexity index is 1440. The van der Waals surface area contributed by atoms with Crippen molar-refractivity contribution in [1.29, 1.82) is 0 Å². The van der Waals surface area contributed by atoms with Crippen LogP contribution in [0.5, 0.6) is 11.5 Å². The molecule has 2 fully saturated rings. The molecule has 4 heterocycles. The van der Waals surface area contributed by atoms with Crippen LogP contribution in [-0.2, 0) is 14.3 Å². The Kier molecular flexibility index (Phi) is 7.58. The molecular formula is C29H34N4O6. The second-order valence-electron chi connectivity index (χ2n) is 9.72. The summed E-state index contributed by atoms with van der Waals surface area (Å²) < 4.78 is 18.6. The number of nitrogens with zero attached hydrogens (tertiary/aromatic N) is 4. The lowest BCUT2D eigenvalue weighted by atomic mass is 9.96. The van der Waals surface area contributed by atoms with E-state index in [-0.39, 0.29) is 17.0 Å². The van der Waals surface area contributed by atoms with E-state index in [9.17, 15) is 14.7 Å². The van der Waals surface area contributed by atoms with E-state index in [0.717, 1.165) is 18.7 Å². The van der Waals surface area contributed by atoms with E-state index in [1.54, 1.807) is 25.3 Å². The summed E-state index contributed by atoms with van der Waals surface area (Å²) in [4.78, 5) is 35.4. The molecule has 3 aromatic rings. The first kappa shape index (κ1) is 26.7. The Balaban J connectivity index is 1.63. The maximum atomic E-state index is 13.5. The molecule has 39 heavy (non-hydrogen) atoms. The molecule has 2 aliphatic heterocycles. The van der Waals surface area contributed by atoms with Crippen molar-refractivity contribution in [3.8, 4) is 11.5 Å². The maximum Gasteiger partial charge on any atom is 0.295 e. The van der Waals surface area contributed by atoms with Gasteiger partial charge in [-0.1, -0.05) is 12.1 Å². The Morgan fingerprint density at radius 2 is 1.90 bits per heavy atom. The highest BCUT2D eigenvalue weighted by atomic mass is 16.5. The summed E-state index contributed by atoms with van der Waals surface area (Å²) in [5, 5.41) is 11.6. The number of aliphatic hydroxyl groups is 1. The van der Waals surface area contributed by atoms with Crippen molar-refractivity contribution >= 4 is 23.1 Å². The number of hydrogen-bond donors (Lipinski definition) is 1. The zero-order valence-corrected chi connectivity index (χ0v) is 22.8. The molecule has 0 bridgehead atoms. The molecule has 0 radical (unpaired) electrons. The predicted octanol–water partition coefficient (Wildman–Crippen LogP) is 3.11. The quantitative estimate of drug-likeness (QED) is 0.267. The van der Waals surface area contributed by atoms with Crippen LogP contribution >= 0.6 is 0 Å². The molecule has 1 aromatic carbocycles. The third kappa shape index (κ3) is 4.86. The predicted molar refractivity (Wildman–Crippen MR) is 145 cm³/mol. The topological polar surface area (TPSA) is 106 Å². The fourth-order valence-electron chi connectivity index (χ4n) is 5.33. The van der Waals surface area contributed by atoms with Crippen molar-refractivity contribution < 1.29 is 28.9 Å². The summed E-state index contributed by atoms with van der Waals surface area (Å²) in [5.74, 6) is -0.644. The minimum Gasteiger partial charge on any atom is -0.505 e. The van der Waals surface area contributed by atoms with E-state index in [1.807, 2.05) is 43.5 Å². The van der Waals surface area contributed by atoms with E-state index in [0.29, 0.717) is 61.3 Å². The average Bonchev–Trinajstić information content (AvgIpc) is 3.42. The van der Waals surface area contributed by atoms with E-state index >= 15 is 0 Å². The van der Waals surface area contributed by atoms with Crippen molar-refractivity contribution in [2.24, 2.45) is 0 Å². The van der Waals surface area contributed by atoms with Gasteiger partial charge in [-0.3, -0.25) is 14.5 Å². The van der Waals surface area contributed by atoms with Crippen molar-refractivity contribution in [3.05, 3.63) is 64.6 Å². The molecule has 10 nitrogen and oxygen atoms in total. The van der Waals surface area contributed by atoms with Crippen molar-refractivity contribution in [2.75, 3.05) is 53.1 Å². The molecule has 0 spiro atoms. The molecular weight excluding hydrogens is 500 g/mol. The third-order valence-electron chi connectivity index (χ3n) is 7.41. The number of morpholine rings is 1. The highest BCUT2D eigenvalue weighted by molar-refractivity contribution is 6.46. The summed E-state index contributed by atoms with van der Waals surface area (Å²) in [6.45, 7) is 9.76. The van der Waals surface area contributed by atoms with Crippen LogP contribution in [0.1, 0.15) is 35.5 Å². The molecule has 206 valence electrons. The number of carbonyl (C=O) groups is 2. The van der Waals surface area contributed by atoms with Crippen molar-refractivity contribution in [3.63, 3.8) is 0 Å². The highest BCUT2D eigenvalue weighted by Gasteiger charge is 2.46. The molecule has 2 saturated heterocycles. The first-order valence-corrected chi connectivity index (χ1v) is 13.2. The number of aliphatic hydroxyl groups excluding tert-OH is 1. The lowest BCUT2D eigenvalue weighted by molar-refractivity contribution is -0.140. The second kappa shape index (κ2) is 11.1. The van der Waals surface area contributed by atoms with Gasteiger partial charge in [0.15, 0.2) is 17.3 Å². The van der Waals surface area contributed by atoms with Gasteiger partial charge in [-0.15, -0.1) is 0 Å². The largest absolute Gasteiger partial charge is 0.505 e. The number of hydrogen-bond acceptors (Lipinski definition) is 8. The Labute approximate surface area is 227 Å². The summed E-state index contributed by atoms with van der Waals surface area (Å²) in [5.41, 5.74) is 3.20. The number of pyridine rings is 1. The number of benzene rings is 1. The van der Waals surface area contributed by atoms with Crippen LogP contribution in [0.2, 0.25) is 0 Å². The molecule has 1 unspecified atom stereocenters. The molecule has 2 aromatic heterocycles. The maximum absolute atomic E-state index is 13.5. The van der Waals surface area contributed by atoms with Crippen molar-refractivity contribution in [1.82, 2.24) is 19.2 Å². The minimum absolute atomic E-state index is 0.0114. The minimum atomic E-state index is -0.819. The zero-order chi connectivity index (χ0) is 27.7. The normalized spacial score (nSPS) is 19.7.